The summed E-state index contributed by atoms with van der Waals surface area (Å²) in [5.74, 6) is 0. The van der Waals surface area contributed by atoms with Crippen LogP contribution in [0.15, 0.2) is 54.6 Å². The Morgan fingerprint density at radius 3 is 2.09 bits per heavy atom. The first-order valence-electron chi connectivity index (χ1n) is 6.07. The van der Waals surface area contributed by atoms with E-state index in [-0.39, 0.29) is 15.9 Å². The molecule has 0 aliphatic heterocycles. The second-order valence-corrected chi connectivity index (χ2v) is 6.57. The lowest BCUT2D eigenvalue weighted by molar-refractivity contribution is -0.237. The third-order valence-corrected chi connectivity index (χ3v) is 4.46. The van der Waals surface area contributed by atoms with E-state index in [1.807, 2.05) is 0 Å². The molecule has 2 atom stereocenters. The number of alkyl halides is 3. The van der Waals surface area contributed by atoms with E-state index in [2.05, 4.69) is 4.52 Å². The molecule has 0 heterocycles. The number of rotatable bonds is 4. The van der Waals surface area contributed by atoms with E-state index in [0.717, 1.165) is 12.1 Å². The average Bonchev–Trinajstić information content (AvgIpc) is 2.46. The first-order valence-corrected chi connectivity index (χ1v) is 7.99. The van der Waals surface area contributed by atoms with Gasteiger partial charge in [-0.3, -0.25) is 0 Å². The molecule has 0 spiro atoms. The highest BCUT2D eigenvalue weighted by Crippen LogP contribution is 2.48. The fourth-order valence-corrected chi connectivity index (χ4v) is 3.06. The molecule has 2 aromatic carbocycles. The third kappa shape index (κ3) is 4.11. The molecule has 0 aromatic heterocycles. The fourth-order valence-electron chi connectivity index (χ4n) is 1.76. The molecular weight excluding hydrogens is 340 g/mol. The van der Waals surface area contributed by atoms with Gasteiger partial charge >= 0.3 is 6.18 Å². The van der Waals surface area contributed by atoms with Crippen LogP contribution in [0, 0.1) is 0 Å². The van der Waals surface area contributed by atoms with Gasteiger partial charge in [0.1, 0.15) is 0 Å². The normalized spacial score (nSPS) is 16.0. The zero-order valence-electron chi connectivity index (χ0n) is 11.0. The summed E-state index contributed by atoms with van der Waals surface area (Å²) in [6.07, 6.45) is -7.48. The first-order chi connectivity index (χ1) is 10.2. The molecule has 0 amide bonds. The number of benzene rings is 2. The molecule has 8 heteroatoms. The van der Waals surface area contributed by atoms with Crippen molar-refractivity contribution in [2.75, 3.05) is 0 Å². The summed E-state index contributed by atoms with van der Waals surface area (Å²) in [4.78, 5) is 12.0. The molecule has 1 unspecified atom stereocenters. The fraction of sp³-hybridized carbons (Fsp3) is 0.143. The maximum absolute atomic E-state index is 13.1. The van der Waals surface area contributed by atoms with E-state index >= 15 is 0 Å². The van der Waals surface area contributed by atoms with Gasteiger partial charge in [-0.15, -0.1) is 0 Å². The van der Waals surface area contributed by atoms with Crippen LogP contribution in [-0.4, -0.2) is 6.18 Å². The van der Waals surface area contributed by atoms with E-state index < -0.39 is 19.9 Å². The highest BCUT2D eigenvalue weighted by molar-refractivity contribution is 7.59. The van der Waals surface area contributed by atoms with Gasteiger partial charge < -0.3 is 14.0 Å². The second kappa shape index (κ2) is 6.42. The Morgan fingerprint density at radius 1 is 1.05 bits per heavy atom. The van der Waals surface area contributed by atoms with Crippen LogP contribution in [0.3, 0.4) is 0 Å². The summed E-state index contributed by atoms with van der Waals surface area (Å²) >= 11 is 5.62. The van der Waals surface area contributed by atoms with Crippen LogP contribution in [0.25, 0.3) is 0 Å². The van der Waals surface area contributed by atoms with Crippen molar-refractivity contribution < 1.29 is 27.2 Å². The molecule has 3 nitrogen and oxygen atoms in total. The molecule has 0 N–H and O–H groups in total. The van der Waals surface area contributed by atoms with Gasteiger partial charge in [-0.2, -0.15) is 13.2 Å². The summed E-state index contributed by atoms with van der Waals surface area (Å²) in [7, 11) is -4.88. The Bertz CT molecular complexity index is 674. The van der Waals surface area contributed by atoms with Gasteiger partial charge in [-0.25, -0.2) is 0 Å². The van der Waals surface area contributed by atoms with Gasteiger partial charge in [0.05, 0.1) is 0 Å². The largest absolute Gasteiger partial charge is 0.775 e. The molecule has 0 aliphatic rings. The van der Waals surface area contributed by atoms with Crippen molar-refractivity contribution in [3.05, 3.63) is 65.2 Å². The predicted molar refractivity (Wildman–Crippen MR) is 75.0 cm³/mol. The predicted octanol–water partition coefficient (Wildman–Crippen LogP) is 3.84. The second-order valence-electron chi connectivity index (χ2n) is 4.41. The molecular formula is C14H10ClF3O3P-. The van der Waals surface area contributed by atoms with Crippen LogP contribution >= 0.6 is 19.2 Å². The van der Waals surface area contributed by atoms with Crippen molar-refractivity contribution in [3.8, 4) is 0 Å². The third-order valence-electron chi connectivity index (χ3n) is 2.79. The Labute approximate surface area is 129 Å². The van der Waals surface area contributed by atoms with Crippen LogP contribution in [0.1, 0.15) is 11.7 Å². The van der Waals surface area contributed by atoms with E-state index in [4.69, 9.17) is 11.6 Å². The molecule has 118 valence electrons. The summed E-state index contributed by atoms with van der Waals surface area (Å²) in [5, 5.41) is -0.0868. The van der Waals surface area contributed by atoms with Crippen molar-refractivity contribution in [3.63, 3.8) is 0 Å². The smallest absolute Gasteiger partial charge is 0.419 e. The molecule has 0 bridgehead atoms. The van der Waals surface area contributed by atoms with Gasteiger partial charge in [0, 0.05) is 10.3 Å². The van der Waals surface area contributed by atoms with E-state index in [9.17, 15) is 22.6 Å². The Kier molecular flexibility index (Phi) is 4.97. The number of hydrogen-bond donors (Lipinski definition) is 0. The molecule has 0 saturated carbocycles. The summed E-state index contributed by atoms with van der Waals surface area (Å²) in [6.45, 7) is 0. The minimum Gasteiger partial charge on any atom is -0.775 e. The maximum Gasteiger partial charge on any atom is 0.419 e. The highest BCUT2D eigenvalue weighted by Gasteiger charge is 2.44. The quantitative estimate of drug-likeness (QED) is 0.788. The Morgan fingerprint density at radius 2 is 1.59 bits per heavy atom. The van der Waals surface area contributed by atoms with E-state index in [1.54, 1.807) is 6.07 Å². The molecule has 2 rings (SSSR count). The van der Waals surface area contributed by atoms with Crippen molar-refractivity contribution in [2.24, 2.45) is 0 Å². The lowest BCUT2D eigenvalue weighted by Gasteiger charge is -2.30. The molecule has 0 radical (unpaired) electrons. The molecule has 2 aromatic rings. The zero-order valence-corrected chi connectivity index (χ0v) is 12.6. The lowest BCUT2D eigenvalue weighted by Crippen LogP contribution is -2.27. The van der Waals surface area contributed by atoms with Gasteiger partial charge in [0.25, 0.3) is 0 Å². The van der Waals surface area contributed by atoms with Crippen LogP contribution in [0.2, 0.25) is 5.02 Å². The molecule has 22 heavy (non-hydrogen) atoms. The number of halogens is 4. The van der Waals surface area contributed by atoms with Gasteiger partial charge in [0.15, 0.2) is 13.7 Å². The van der Waals surface area contributed by atoms with Crippen LogP contribution in [0.4, 0.5) is 13.2 Å². The van der Waals surface area contributed by atoms with Crippen molar-refractivity contribution in [1.82, 2.24) is 0 Å². The zero-order chi connectivity index (χ0) is 16.4. The molecule has 0 aliphatic carbocycles. The number of hydrogen-bond acceptors (Lipinski definition) is 3. The first kappa shape index (κ1) is 17.0. The summed E-state index contributed by atoms with van der Waals surface area (Å²) in [5.41, 5.74) is -0.344. The van der Waals surface area contributed by atoms with E-state index in [0.29, 0.717) is 0 Å². The minimum absolute atomic E-state index is 0.234. The van der Waals surface area contributed by atoms with Gasteiger partial charge in [-0.05, 0) is 17.7 Å². The topological polar surface area (TPSA) is 49.4 Å². The maximum atomic E-state index is 13.1. The minimum atomic E-state index is -4.89. The SMILES string of the molecule is O=P([O-])(O[C@@H](c1ccc(Cl)cc1)C(F)(F)F)c1ccccc1. The average molecular weight is 350 g/mol. The monoisotopic (exact) mass is 349 g/mol. The van der Waals surface area contributed by atoms with Crippen LogP contribution in [-0.2, 0) is 9.09 Å². The standard InChI is InChI=1S/C14H11ClF3O3P/c15-11-8-6-10(7-9-11)13(14(16,17)18)21-22(19,20)12-4-2-1-3-5-12/h1-9,13H,(H,19,20)/p-1/t13-/m0/s1. The Balaban J connectivity index is 2.36. The van der Waals surface area contributed by atoms with Crippen LogP contribution in [0.5, 0.6) is 0 Å². The van der Waals surface area contributed by atoms with Gasteiger partial charge in [0.2, 0.25) is 0 Å². The lowest BCUT2D eigenvalue weighted by atomic mass is 10.1. The van der Waals surface area contributed by atoms with Crippen molar-refractivity contribution in [2.45, 2.75) is 12.3 Å². The van der Waals surface area contributed by atoms with Crippen molar-refractivity contribution >= 4 is 24.5 Å². The molecule has 0 fully saturated rings. The molecule has 0 saturated heterocycles. The van der Waals surface area contributed by atoms with Crippen molar-refractivity contribution in [1.29, 1.82) is 0 Å². The van der Waals surface area contributed by atoms with Crippen LogP contribution < -0.4 is 10.2 Å². The summed E-state index contributed by atoms with van der Waals surface area (Å²) in [6, 6.07) is 11.3. The van der Waals surface area contributed by atoms with Gasteiger partial charge in [-0.1, -0.05) is 54.1 Å². The Hall–Kier alpha value is -1.33. The van der Waals surface area contributed by atoms with E-state index in [1.165, 1.54) is 36.4 Å². The summed E-state index contributed by atoms with van der Waals surface area (Å²) < 4.78 is 55.9. The highest BCUT2D eigenvalue weighted by atomic mass is 35.5.